The van der Waals surface area contributed by atoms with Crippen LogP contribution in [-0.4, -0.2) is 39.8 Å². The zero-order chi connectivity index (χ0) is 16.5. The number of aromatic nitrogens is 4. The molecule has 0 radical (unpaired) electrons. The summed E-state index contributed by atoms with van der Waals surface area (Å²) in [5.41, 5.74) is 1.57. The van der Waals surface area contributed by atoms with Crippen LogP contribution in [0.1, 0.15) is 32.1 Å². The molecule has 1 aliphatic rings. The number of hydrogen-bond donors (Lipinski definition) is 1. The highest BCUT2D eigenvalue weighted by Crippen LogP contribution is 2.34. The van der Waals surface area contributed by atoms with E-state index in [9.17, 15) is 0 Å². The Balaban J connectivity index is 1.85. The molecular weight excluding hydrogens is 306 g/mol. The van der Waals surface area contributed by atoms with Crippen LogP contribution in [0, 0.1) is 0 Å². The smallest absolute Gasteiger partial charge is 0.210 e. The second kappa shape index (κ2) is 6.14. The summed E-state index contributed by atoms with van der Waals surface area (Å²) in [6, 6.07) is 4.24. The number of anilines is 1. The molecule has 2 aromatic heterocycles. The molecule has 0 spiro atoms. The van der Waals surface area contributed by atoms with Crippen LogP contribution in [0.4, 0.5) is 5.95 Å². The molecule has 1 aromatic carbocycles. The summed E-state index contributed by atoms with van der Waals surface area (Å²) >= 11 is 0. The Morgan fingerprint density at radius 2 is 1.83 bits per heavy atom. The zero-order valence-corrected chi connectivity index (χ0v) is 14.0. The van der Waals surface area contributed by atoms with E-state index >= 15 is 0 Å². The highest BCUT2D eigenvalue weighted by atomic mass is 16.5. The van der Waals surface area contributed by atoms with Crippen LogP contribution in [0.2, 0.25) is 0 Å². The van der Waals surface area contributed by atoms with Gasteiger partial charge in [0.25, 0.3) is 0 Å². The van der Waals surface area contributed by atoms with E-state index in [0.717, 1.165) is 22.5 Å². The van der Waals surface area contributed by atoms with Crippen molar-refractivity contribution in [3.05, 3.63) is 18.5 Å². The van der Waals surface area contributed by atoms with Crippen molar-refractivity contribution in [1.29, 1.82) is 0 Å². The Bertz CT molecular complexity index is 870. The lowest BCUT2D eigenvalue weighted by atomic mass is 9.96. The quantitative estimate of drug-likeness (QED) is 0.794. The topological polar surface area (TPSA) is 73.6 Å². The van der Waals surface area contributed by atoms with E-state index in [1.165, 1.54) is 32.1 Å². The van der Waals surface area contributed by atoms with E-state index < -0.39 is 0 Å². The van der Waals surface area contributed by atoms with Gasteiger partial charge in [0.2, 0.25) is 5.95 Å². The summed E-state index contributed by atoms with van der Waals surface area (Å²) in [4.78, 5) is 4.79. The summed E-state index contributed by atoms with van der Waals surface area (Å²) in [6.45, 7) is 0. The van der Waals surface area contributed by atoms with Gasteiger partial charge in [-0.1, -0.05) is 19.3 Å². The second-order valence-electron chi connectivity index (χ2n) is 6.16. The fourth-order valence-electron chi connectivity index (χ4n) is 3.41. The maximum absolute atomic E-state index is 5.40. The molecule has 1 aliphatic carbocycles. The number of hydrogen-bond acceptors (Lipinski definition) is 6. The van der Waals surface area contributed by atoms with E-state index in [1.807, 2.05) is 16.5 Å². The number of rotatable bonds is 4. The monoisotopic (exact) mass is 327 g/mol. The van der Waals surface area contributed by atoms with E-state index in [1.54, 1.807) is 20.5 Å². The van der Waals surface area contributed by atoms with E-state index in [2.05, 4.69) is 15.5 Å². The first kappa shape index (κ1) is 15.0. The molecular formula is C17H21N5O2. The first-order chi connectivity index (χ1) is 11.8. The largest absolute Gasteiger partial charge is 0.493 e. The minimum Gasteiger partial charge on any atom is -0.493 e. The lowest BCUT2D eigenvalue weighted by Crippen LogP contribution is -2.24. The molecule has 1 fully saturated rings. The van der Waals surface area contributed by atoms with Gasteiger partial charge in [-0.15, -0.1) is 10.2 Å². The van der Waals surface area contributed by atoms with Crippen LogP contribution in [-0.2, 0) is 0 Å². The van der Waals surface area contributed by atoms with E-state index in [0.29, 0.717) is 17.5 Å². The molecule has 1 N–H and O–H groups in total. The predicted octanol–water partition coefficient (Wildman–Crippen LogP) is 3.04. The highest BCUT2D eigenvalue weighted by Gasteiger charge is 2.18. The van der Waals surface area contributed by atoms with Crippen LogP contribution in [0.5, 0.6) is 11.5 Å². The van der Waals surface area contributed by atoms with Crippen LogP contribution < -0.4 is 14.8 Å². The molecule has 0 bridgehead atoms. The average molecular weight is 327 g/mol. The van der Waals surface area contributed by atoms with E-state index in [-0.39, 0.29) is 0 Å². The van der Waals surface area contributed by atoms with Gasteiger partial charge < -0.3 is 14.8 Å². The van der Waals surface area contributed by atoms with Gasteiger partial charge in [-0.3, -0.25) is 4.40 Å². The number of fused-ring (bicyclic) bond motifs is 3. The molecule has 3 aromatic rings. The van der Waals surface area contributed by atoms with Crippen molar-refractivity contribution >= 4 is 22.5 Å². The van der Waals surface area contributed by atoms with Gasteiger partial charge in [0.1, 0.15) is 6.33 Å². The molecule has 0 aliphatic heterocycles. The molecule has 0 saturated heterocycles. The Labute approximate surface area is 140 Å². The van der Waals surface area contributed by atoms with Crippen molar-refractivity contribution in [3.8, 4) is 11.5 Å². The summed E-state index contributed by atoms with van der Waals surface area (Å²) < 4.78 is 12.7. The minimum absolute atomic E-state index is 0.453. The van der Waals surface area contributed by atoms with Gasteiger partial charge in [0, 0.05) is 17.5 Å². The maximum atomic E-state index is 5.40. The Morgan fingerprint density at radius 1 is 1.08 bits per heavy atom. The van der Waals surface area contributed by atoms with Gasteiger partial charge in [-0.05, 0) is 18.9 Å². The van der Waals surface area contributed by atoms with Crippen LogP contribution >= 0.6 is 0 Å². The third-order valence-electron chi connectivity index (χ3n) is 4.68. The molecule has 7 heteroatoms. The molecule has 7 nitrogen and oxygen atoms in total. The van der Waals surface area contributed by atoms with Gasteiger partial charge >= 0.3 is 0 Å². The van der Waals surface area contributed by atoms with Crippen LogP contribution in [0.3, 0.4) is 0 Å². The summed E-state index contributed by atoms with van der Waals surface area (Å²) in [6.07, 6.45) is 7.90. The van der Waals surface area contributed by atoms with Crippen LogP contribution in [0.15, 0.2) is 18.5 Å². The number of ether oxygens (including phenoxy) is 2. The fourth-order valence-corrected chi connectivity index (χ4v) is 3.41. The van der Waals surface area contributed by atoms with E-state index in [4.69, 9.17) is 14.5 Å². The normalized spacial score (nSPS) is 15.8. The van der Waals surface area contributed by atoms with Crippen molar-refractivity contribution in [2.75, 3.05) is 19.5 Å². The molecule has 1 saturated carbocycles. The predicted molar refractivity (Wildman–Crippen MR) is 91.9 cm³/mol. The molecule has 24 heavy (non-hydrogen) atoms. The van der Waals surface area contributed by atoms with Crippen molar-refractivity contribution < 1.29 is 9.47 Å². The second-order valence-corrected chi connectivity index (χ2v) is 6.16. The van der Waals surface area contributed by atoms with Crippen molar-refractivity contribution in [2.45, 2.75) is 38.1 Å². The fraction of sp³-hybridized carbons (Fsp3) is 0.471. The number of benzene rings is 1. The molecule has 0 atom stereocenters. The summed E-state index contributed by atoms with van der Waals surface area (Å²) in [7, 11) is 3.25. The van der Waals surface area contributed by atoms with Gasteiger partial charge in [0.05, 0.1) is 19.7 Å². The summed E-state index contributed by atoms with van der Waals surface area (Å²) in [5, 5.41) is 12.8. The Kier molecular flexibility index (Phi) is 3.84. The molecule has 126 valence electrons. The first-order valence-electron chi connectivity index (χ1n) is 8.32. The lowest BCUT2D eigenvalue weighted by molar-refractivity contribution is 0.356. The van der Waals surface area contributed by atoms with Crippen molar-refractivity contribution in [2.24, 2.45) is 0 Å². The third-order valence-corrected chi connectivity index (χ3v) is 4.68. The van der Waals surface area contributed by atoms with Crippen molar-refractivity contribution in [3.63, 3.8) is 0 Å². The lowest BCUT2D eigenvalue weighted by Gasteiger charge is -2.23. The first-order valence-corrected chi connectivity index (χ1v) is 8.32. The molecule has 0 unspecified atom stereocenters. The van der Waals surface area contributed by atoms with Crippen LogP contribution in [0.25, 0.3) is 16.6 Å². The Morgan fingerprint density at radius 3 is 2.58 bits per heavy atom. The maximum Gasteiger partial charge on any atom is 0.210 e. The number of methoxy groups -OCH3 is 2. The zero-order valence-electron chi connectivity index (χ0n) is 14.0. The van der Waals surface area contributed by atoms with Gasteiger partial charge in [-0.25, -0.2) is 4.98 Å². The van der Waals surface area contributed by atoms with Gasteiger partial charge in [-0.2, -0.15) is 0 Å². The molecule has 2 heterocycles. The number of nitrogens with zero attached hydrogens (tertiary/aromatic N) is 4. The van der Waals surface area contributed by atoms with Gasteiger partial charge in [0.15, 0.2) is 17.1 Å². The number of nitrogens with one attached hydrogen (secondary N) is 1. The molecule has 0 amide bonds. The van der Waals surface area contributed by atoms with Crippen molar-refractivity contribution in [1.82, 2.24) is 19.6 Å². The minimum atomic E-state index is 0.453. The Hall–Kier alpha value is -2.57. The third kappa shape index (κ3) is 2.50. The highest BCUT2D eigenvalue weighted by molar-refractivity contribution is 5.94. The summed E-state index contributed by atoms with van der Waals surface area (Å²) in [5.74, 6) is 2.09. The standard InChI is InChI=1S/C17H21N5O2/c1-23-14-8-12-13(9-15(14)24-2)20-17(22-10-18-21-16(12)22)19-11-6-4-3-5-7-11/h8-11H,3-7H2,1-2H3,(H,19,20). The molecule has 4 rings (SSSR count). The SMILES string of the molecule is COc1cc2nc(NC3CCCCC3)n3cnnc3c2cc1OC. The average Bonchev–Trinajstić information content (AvgIpc) is 3.12.